The average Bonchev–Trinajstić information content (AvgIpc) is 3.09. The molecule has 1 aliphatic heterocycles. The fourth-order valence-corrected chi connectivity index (χ4v) is 3.78. The van der Waals surface area contributed by atoms with E-state index >= 15 is 0 Å². The van der Waals surface area contributed by atoms with Gasteiger partial charge in [0.2, 0.25) is 0 Å². The van der Waals surface area contributed by atoms with Crippen molar-refractivity contribution in [2.24, 2.45) is 0 Å². The van der Waals surface area contributed by atoms with Gasteiger partial charge in [-0.2, -0.15) is 0 Å². The highest BCUT2D eigenvalue weighted by Crippen LogP contribution is 2.21. The topological polar surface area (TPSA) is 69.6 Å². The molecule has 0 spiro atoms. The number of amides is 1. The standard InChI is InChI=1S/C21H28N4O2/c1-4-24-11-5-6-18(24)14-25(13-17-7-9-19(26)10-8-17)21(27)20-12-22-16(3)23-15(20)2/h7-10,12,18,26H,4-6,11,13-14H2,1-3H3. The molecule has 6 nitrogen and oxygen atoms in total. The summed E-state index contributed by atoms with van der Waals surface area (Å²) in [5.41, 5.74) is 2.26. The van der Waals surface area contributed by atoms with E-state index in [9.17, 15) is 9.90 Å². The van der Waals surface area contributed by atoms with Crippen molar-refractivity contribution in [1.82, 2.24) is 19.8 Å². The number of phenolic OH excluding ortho intramolecular Hbond substituents is 1. The van der Waals surface area contributed by atoms with Crippen molar-refractivity contribution in [1.29, 1.82) is 0 Å². The van der Waals surface area contributed by atoms with Crippen LogP contribution in [-0.2, 0) is 6.54 Å². The van der Waals surface area contributed by atoms with Gasteiger partial charge in [0.1, 0.15) is 11.6 Å². The van der Waals surface area contributed by atoms with E-state index in [-0.39, 0.29) is 11.7 Å². The molecule has 0 bridgehead atoms. The Bertz CT molecular complexity index is 791. The molecule has 1 fully saturated rings. The number of aromatic nitrogens is 2. The molecule has 27 heavy (non-hydrogen) atoms. The number of nitrogens with zero attached hydrogens (tertiary/aromatic N) is 4. The van der Waals surface area contributed by atoms with Crippen molar-refractivity contribution in [2.45, 2.75) is 46.2 Å². The van der Waals surface area contributed by atoms with Gasteiger partial charge in [0.25, 0.3) is 5.91 Å². The molecule has 1 amide bonds. The molecule has 1 atom stereocenters. The molecule has 1 N–H and O–H groups in total. The molecule has 2 heterocycles. The minimum Gasteiger partial charge on any atom is -0.508 e. The summed E-state index contributed by atoms with van der Waals surface area (Å²) in [6.07, 6.45) is 3.92. The molecule has 0 saturated carbocycles. The third-order valence-corrected chi connectivity index (χ3v) is 5.26. The van der Waals surface area contributed by atoms with Gasteiger partial charge in [0.15, 0.2) is 0 Å². The fourth-order valence-electron chi connectivity index (χ4n) is 3.78. The Kier molecular flexibility index (Phi) is 6.06. The van der Waals surface area contributed by atoms with Crippen LogP contribution in [0.4, 0.5) is 0 Å². The maximum absolute atomic E-state index is 13.3. The lowest BCUT2D eigenvalue weighted by molar-refractivity contribution is 0.0690. The van der Waals surface area contributed by atoms with Gasteiger partial charge in [0.05, 0.1) is 11.3 Å². The van der Waals surface area contributed by atoms with E-state index in [4.69, 9.17) is 0 Å². The van der Waals surface area contributed by atoms with Gasteiger partial charge in [-0.05, 0) is 57.5 Å². The van der Waals surface area contributed by atoms with Gasteiger partial charge in [-0.3, -0.25) is 9.69 Å². The van der Waals surface area contributed by atoms with Crippen LogP contribution >= 0.6 is 0 Å². The minimum absolute atomic E-state index is 0.0384. The van der Waals surface area contributed by atoms with E-state index in [1.165, 1.54) is 6.42 Å². The highest BCUT2D eigenvalue weighted by atomic mass is 16.3. The molecule has 3 rings (SSSR count). The molecular formula is C21H28N4O2. The summed E-state index contributed by atoms with van der Waals surface area (Å²) in [5.74, 6) is 0.859. The first-order chi connectivity index (χ1) is 13.0. The minimum atomic E-state index is -0.0384. The molecule has 1 saturated heterocycles. The number of likely N-dealkylation sites (tertiary alicyclic amines) is 1. The van der Waals surface area contributed by atoms with Crippen molar-refractivity contribution < 1.29 is 9.90 Å². The lowest BCUT2D eigenvalue weighted by Crippen LogP contribution is -2.43. The zero-order valence-corrected chi connectivity index (χ0v) is 16.4. The summed E-state index contributed by atoms with van der Waals surface area (Å²) in [7, 11) is 0. The van der Waals surface area contributed by atoms with Gasteiger partial charge < -0.3 is 10.0 Å². The zero-order chi connectivity index (χ0) is 19.4. The van der Waals surface area contributed by atoms with Crippen molar-refractivity contribution in [3.63, 3.8) is 0 Å². The molecule has 2 aromatic rings. The second kappa shape index (κ2) is 8.48. The van der Waals surface area contributed by atoms with Crippen molar-refractivity contribution in [3.05, 3.63) is 53.1 Å². The third-order valence-electron chi connectivity index (χ3n) is 5.26. The summed E-state index contributed by atoms with van der Waals surface area (Å²) < 4.78 is 0. The Hall–Kier alpha value is -2.47. The predicted octanol–water partition coefficient (Wildman–Crippen LogP) is 2.93. The van der Waals surface area contributed by atoms with E-state index < -0.39 is 0 Å². The summed E-state index contributed by atoms with van der Waals surface area (Å²) in [6, 6.07) is 7.42. The van der Waals surface area contributed by atoms with E-state index in [0.29, 0.717) is 36.2 Å². The van der Waals surface area contributed by atoms with Crippen molar-refractivity contribution in [3.8, 4) is 5.75 Å². The first-order valence-electron chi connectivity index (χ1n) is 9.59. The average molecular weight is 368 g/mol. The van der Waals surface area contributed by atoms with Crippen LogP contribution in [-0.4, -0.2) is 56.5 Å². The summed E-state index contributed by atoms with van der Waals surface area (Å²) >= 11 is 0. The van der Waals surface area contributed by atoms with Crippen LogP contribution in [0.2, 0.25) is 0 Å². The van der Waals surface area contributed by atoms with E-state index in [0.717, 1.165) is 25.1 Å². The summed E-state index contributed by atoms with van der Waals surface area (Å²) in [4.78, 5) is 26.2. The summed E-state index contributed by atoms with van der Waals surface area (Å²) in [5, 5.41) is 9.53. The predicted molar refractivity (Wildman–Crippen MR) is 105 cm³/mol. The number of hydrogen-bond acceptors (Lipinski definition) is 5. The SMILES string of the molecule is CCN1CCCC1CN(Cc1ccc(O)cc1)C(=O)c1cnc(C)nc1C. The van der Waals surface area contributed by atoms with E-state index in [2.05, 4.69) is 21.8 Å². The van der Waals surface area contributed by atoms with Crippen molar-refractivity contribution in [2.75, 3.05) is 19.6 Å². The molecule has 6 heteroatoms. The molecule has 0 aliphatic carbocycles. The van der Waals surface area contributed by atoms with Gasteiger partial charge in [0, 0.05) is 25.3 Å². The Balaban J connectivity index is 1.85. The quantitative estimate of drug-likeness (QED) is 0.849. The Morgan fingerprint density at radius 2 is 2.04 bits per heavy atom. The number of aromatic hydroxyl groups is 1. The highest BCUT2D eigenvalue weighted by Gasteiger charge is 2.28. The molecule has 1 aliphatic rings. The molecule has 0 radical (unpaired) electrons. The number of hydrogen-bond donors (Lipinski definition) is 1. The van der Waals surface area contributed by atoms with Crippen LogP contribution in [0.1, 0.15) is 47.2 Å². The molecule has 1 unspecified atom stereocenters. The molecule has 144 valence electrons. The maximum atomic E-state index is 13.3. The van der Waals surface area contributed by atoms with Gasteiger partial charge in [-0.15, -0.1) is 0 Å². The molecule has 1 aromatic heterocycles. The van der Waals surface area contributed by atoms with Crippen LogP contribution in [0, 0.1) is 13.8 Å². The highest BCUT2D eigenvalue weighted by molar-refractivity contribution is 5.95. The second-order valence-corrected chi connectivity index (χ2v) is 7.19. The van der Waals surface area contributed by atoms with Crippen LogP contribution in [0.3, 0.4) is 0 Å². The Labute approximate surface area is 160 Å². The number of aryl methyl sites for hydroxylation is 2. The first-order valence-corrected chi connectivity index (χ1v) is 9.59. The fraction of sp³-hybridized carbons (Fsp3) is 0.476. The number of carbonyl (C=O) groups excluding carboxylic acids is 1. The van der Waals surface area contributed by atoms with Gasteiger partial charge in [-0.25, -0.2) is 9.97 Å². The largest absolute Gasteiger partial charge is 0.508 e. The van der Waals surface area contributed by atoms with E-state index in [1.54, 1.807) is 18.3 Å². The smallest absolute Gasteiger partial charge is 0.257 e. The normalized spacial score (nSPS) is 17.2. The number of carbonyl (C=O) groups is 1. The van der Waals surface area contributed by atoms with Crippen LogP contribution in [0.5, 0.6) is 5.75 Å². The molecular weight excluding hydrogens is 340 g/mol. The second-order valence-electron chi connectivity index (χ2n) is 7.19. The third kappa shape index (κ3) is 4.63. The van der Waals surface area contributed by atoms with Crippen molar-refractivity contribution >= 4 is 5.91 Å². The van der Waals surface area contributed by atoms with Gasteiger partial charge >= 0.3 is 0 Å². The monoisotopic (exact) mass is 368 g/mol. The van der Waals surface area contributed by atoms with Crippen LogP contribution < -0.4 is 0 Å². The summed E-state index contributed by atoms with van der Waals surface area (Å²) in [6.45, 7) is 9.12. The number of phenols is 1. The zero-order valence-electron chi connectivity index (χ0n) is 16.4. The van der Waals surface area contributed by atoms with Crippen LogP contribution in [0.25, 0.3) is 0 Å². The number of rotatable bonds is 6. The lowest BCUT2D eigenvalue weighted by Gasteiger charge is -2.30. The maximum Gasteiger partial charge on any atom is 0.257 e. The van der Waals surface area contributed by atoms with Crippen LogP contribution in [0.15, 0.2) is 30.5 Å². The lowest BCUT2D eigenvalue weighted by atomic mass is 10.1. The molecule has 1 aromatic carbocycles. The number of likely N-dealkylation sites (N-methyl/N-ethyl adjacent to an activating group) is 1. The van der Waals surface area contributed by atoms with Gasteiger partial charge in [-0.1, -0.05) is 19.1 Å². The Morgan fingerprint density at radius 1 is 1.30 bits per heavy atom. The Morgan fingerprint density at radius 3 is 2.70 bits per heavy atom. The van der Waals surface area contributed by atoms with E-state index in [1.807, 2.05) is 30.9 Å². The first kappa shape index (κ1) is 19.3. The number of benzene rings is 1.